The number of carbonyl (C=O) groups is 1. The second kappa shape index (κ2) is 5.62. The zero-order valence-electron chi connectivity index (χ0n) is 8.88. The molecule has 5 heteroatoms. The van der Waals surface area contributed by atoms with E-state index >= 15 is 0 Å². The van der Waals surface area contributed by atoms with Crippen molar-refractivity contribution in [2.75, 3.05) is 0 Å². The molecule has 0 atom stereocenters. The molecule has 0 aromatic heterocycles. The maximum absolute atomic E-state index is 12.3. The third kappa shape index (κ3) is 2.89. The van der Waals surface area contributed by atoms with Gasteiger partial charge >= 0.3 is 0 Å². The molecule has 2 rings (SSSR count). The minimum Gasteiger partial charge on any atom is -0.289 e. The van der Waals surface area contributed by atoms with Crippen LogP contribution in [0.4, 0.5) is 0 Å². The van der Waals surface area contributed by atoms with Gasteiger partial charge in [0.2, 0.25) is 0 Å². The van der Waals surface area contributed by atoms with Gasteiger partial charge in [0.05, 0.1) is 10.0 Å². The number of carbonyl (C=O) groups excluding carboxylic acids is 1. The number of halogens is 4. The molecule has 0 N–H and O–H groups in total. The van der Waals surface area contributed by atoms with Gasteiger partial charge in [0, 0.05) is 20.6 Å². The van der Waals surface area contributed by atoms with Crippen molar-refractivity contribution in [1.82, 2.24) is 0 Å². The van der Waals surface area contributed by atoms with Gasteiger partial charge in [-0.05, 0) is 52.3 Å². The van der Waals surface area contributed by atoms with Crippen LogP contribution in [0.1, 0.15) is 15.9 Å². The standard InChI is InChI=1S/C13H6BrCl3O/c14-10-3-1-7(5-12(10)17)13(18)9-6-8(15)2-4-11(9)16/h1-6H. The van der Waals surface area contributed by atoms with Gasteiger partial charge in [-0.2, -0.15) is 0 Å². The van der Waals surface area contributed by atoms with Gasteiger partial charge in [-0.15, -0.1) is 0 Å². The van der Waals surface area contributed by atoms with Crippen LogP contribution in [0.15, 0.2) is 40.9 Å². The van der Waals surface area contributed by atoms with Crippen LogP contribution in [0.25, 0.3) is 0 Å². The topological polar surface area (TPSA) is 17.1 Å². The third-order valence-electron chi connectivity index (χ3n) is 2.35. The first kappa shape index (κ1) is 13.9. The fraction of sp³-hybridized carbons (Fsp3) is 0. The second-order valence-electron chi connectivity index (χ2n) is 3.58. The predicted octanol–water partition coefficient (Wildman–Crippen LogP) is 5.64. The van der Waals surface area contributed by atoms with Crippen molar-refractivity contribution in [2.45, 2.75) is 0 Å². The van der Waals surface area contributed by atoms with Crippen LogP contribution >= 0.6 is 50.7 Å². The predicted molar refractivity (Wildman–Crippen MR) is 79.0 cm³/mol. The highest BCUT2D eigenvalue weighted by atomic mass is 79.9. The van der Waals surface area contributed by atoms with Gasteiger partial charge in [-0.25, -0.2) is 0 Å². The molecule has 0 saturated heterocycles. The van der Waals surface area contributed by atoms with Gasteiger partial charge in [0.1, 0.15) is 0 Å². The van der Waals surface area contributed by atoms with Gasteiger partial charge < -0.3 is 0 Å². The average Bonchev–Trinajstić information content (AvgIpc) is 2.35. The van der Waals surface area contributed by atoms with Gasteiger partial charge in [0.25, 0.3) is 0 Å². The highest BCUT2D eigenvalue weighted by Crippen LogP contribution is 2.27. The largest absolute Gasteiger partial charge is 0.289 e. The number of hydrogen-bond acceptors (Lipinski definition) is 1. The van der Waals surface area contributed by atoms with Crippen LogP contribution < -0.4 is 0 Å². The van der Waals surface area contributed by atoms with Gasteiger partial charge in [-0.3, -0.25) is 4.79 Å². The van der Waals surface area contributed by atoms with E-state index in [1.165, 1.54) is 0 Å². The minimum absolute atomic E-state index is 0.211. The molecule has 18 heavy (non-hydrogen) atoms. The molecule has 1 nitrogen and oxygen atoms in total. The summed E-state index contributed by atoms with van der Waals surface area (Å²) in [6.45, 7) is 0. The molecule has 0 amide bonds. The maximum Gasteiger partial charge on any atom is 0.194 e. The van der Waals surface area contributed by atoms with E-state index < -0.39 is 0 Å². The summed E-state index contributed by atoms with van der Waals surface area (Å²) in [5.41, 5.74) is 0.829. The van der Waals surface area contributed by atoms with Crippen molar-refractivity contribution in [3.63, 3.8) is 0 Å². The Morgan fingerprint density at radius 3 is 2.33 bits per heavy atom. The fourth-order valence-corrected chi connectivity index (χ4v) is 2.27. The zero-order chi connectivity index (χ0) is 13.3. The van der Waals surface area contributed by atoms with Crippen LogP contribution in [0.2, 0.25) is 15.1 Å². The molecule has 2 aromatic rings. The molecule has 2 aromatic carbocycles. The lowest BCUT2D eigenvalue weighted by Gasteiger charge is -2.05. The molecule has 0 bridgehead atoms. The molecule has 0 fully saturated rings. The number of hydrogen-bond donors (Lipinski definition) is 0. The molecule has 92 valence electrons. The maximum atomic E-state index is 12.3. The summed E-state index contributed by atoms with van der Waals surface area (Å²) in [6, 6.07) is 9.75. The van der Waals surface area contributed by atoms with E-state index in [9.17, 15) is 4.79 Å². The molecule has 0 aliphatic carbocycles. The lowest BCUT2D eigenvalue weighted by atomic mass is 10.0. The Labute approximate surface area is 128 Å². The molecule has 0 radical (unpaired) electrons. The molecule has 0 heterocycles. The smallest absolute Gasteiger partial charge is 0.194 e. The van der Waals surface area contributed by atoms with Crippen molar-refractivity contribution in [1.29, 1.82) is 0 Å². The van der Waals surface area contributed by atoms with Crippen LogP contribution in [-0.4, -0.2) is 5.78 Å². The van der Waals surface area contributed by atoms with E-state index in [-0.39, 0.29) is 5.78 Å². The van der Waals surface area contributed by atoms with E-state index in [1.807, 2.05) is 0 Å². The summed E-state index contributed by atoms with van der Waals surface area (Å²) in [7, 11) is 0. The quantitative estimate of drug-likeness (QED) is 0.630. The molecule has 0 unspecified atom stereocenters. The Balaban J connectivity index is 2.47. The van der Waals surface area contributed by atoms with Gasteiger partial charge in [-0.1, -0.05) is 34.8 Å². The SMILES string of the molecule is O=C(c1ccc(Br)c(Cl)c1)c1cc(Cl)ccc1Cl. The Kier molecular flexibility index (Phi) is 4.33. The summed E-state index contributed by atoms with van der Waals surface area (Å²) in [5.74, 6) is -0.211. The Bertz CT molecular complexity index is 626. The van der Waals surface area contributed by atoms with Crippen LogP contribution in [0.5, 0.6) is 0 Å². The summed E-state index contributed by atoms with van der Waals surface area (Å²) in [6.07, 6.45) is 0. The second-order valence-corrected chi connectivity index (χ2v) is 5.69. The van der Waals surface area contributed by atoms with E-state index in [0.29, 0.717) is 26.2 Å². The van der Waals surface area contributed by atoms with E-state index in [1.54, 1.807) is 36.4 Å². The monoisotopic (exact) mass is 362 g/mol. The van der Waals surface area contributed by atoms with E-state index in [4.69, 9.17) is 34.8 Å². The van der Waals surface area contributed by atoms with Crippen molar-refractivity contribution >= 4 is 56.5 Å². The Morgan fingerprint density at radius 2 is 1.67 bits per heavy atom. The number of rotatable bonds is 2. The van der Waals surface area contributed by atoms with Crippen molar-refractivity contribution in [3.8, 4) is 0 Å². The number of ketones is 1. The summed E-state index contributed by atoms with van der Waals surface area (Å²) >= 11 is 21.1. The Morgan fingerprint density at radius 1 is 0.944 bits per heavy atom. The Hall–Kier alpha value is -0.540. The van der Waals surface area contributed by atoms with Crippen molar-refractivity contribution in [2.24, 2.45) is 0 Å². The van der Waals surface area contributed by atoms with Crippen molar-refractivity contribution in [3.05, 3.63) is 67.1 Å². The summed E-state index contributed by atoms with van der Waals surface area (Å²) < 4.78 is 0.734. The molecular formula is C13H6BrCl3O. The highest BCUT2D eigenvalue weighted by Gasteiger charge is 2.14. The van der Waals surface area contributed by atoms with Crippen molar-refractivity contribution < 1.29 is 4.79 Å². The van der Waals surface area contributed by atoms with Crippen LogP contribution in [0.3, 0.4) is 0 Å². The lowest BCUT2D eigenvalue weighted by molar-refractivity contribution is 0.103. The highest BCUT2D eigenvalue weighted by molar-refractivity contribution is 9.10. The first-order valence-electron chi connectivity index (χ1n) is 4.94. The average molecular weight is 364 g/mol. The fourth-order valence-electron chi connectivity index (χ4n) is 1.46. The molecule has 0 saturated carbocycles. The molecular weight excluding hydrogens is 358 g/mol. The molecule has 0 aliphatic rings. The first-order chi connectivity index (χ1) is 8.49. The van der Waals surface area contributed by atoms with Crippen LogP contribution in [-0.2, 0) is 0 Å². The first-order valence-corrected chi connectivity index (χ1v) is 6.86. The molecule has 0 spiro atoms. The van der Waals surface area contributed by atoms with Gasteiger partial charge in [0.15, 0.2) is 5.78 Å². The lowest BCUT2D eigenvalue weighted by Crippen LogP contribution is -2.02. The normalized spacial score (nSPS) is 10.4. The van der Waals surface area contributed by atoms with Crippen LogP contribution in [0, 0.1) is 0 Å². The minimum atomic E-state index is -0.211. The van der Waals surface area contributed by atoms with E-state index in [0.717, 1.165) is 4.47 Å². The summed E-state index contributed by atoms with van der Waals surface area (Å²) in [5, 5.41) is 1.30. The molecule has 0 aliphatic heterocycles. The third-order valence-corrected chi connectivity index (χ3v) is 4.15. The number of benzene rings is 2. The summed E-state index contributed by atoms with van der Waals surface area (Å²) in [4.78, 5) is 12.3. The zero-order valence-corrected chi connectivity index (χ0v) is 12.7. The van der Waals surface area contributed by atoms with E-state index in [2.05, 4.69) is 15.9 Å².